The van der Waals surface area contributed by atoms with Crippen LogP contribution in [0, 0.1) is 22.2 Å². The van der Waals surface area contributed by atoms with Gasteiger partial charge in [0.15, 0.2) is 0 Å². The molecule has 0 aromatic rings. The van der Waals surface area contributed by atoms with Gasteiger partial charge in [0.2, 0.25) is 5.91 Å². The van der Waals surface area contributed by atoms with Gasteiger partial charge < -0.3 is 10.4 Å². The van der Waals surface area contributed by atoms with E-state index in [1.807, 2.05) is 13.8 Å². The van der Waals surface area contributed by atoms with Crippen LogP contribution in [-0.2, 0) is 4.79 Å². The highest BCUT2D eigenvalue weighted by Gasteiger charge is 2.62. The van der Waals surface area contributed by atoms with Crippen LogP contribution in [0.15, 0.2) is 0 Å². The molecule has 2 atom stereocenters. The zero-order chi connectivity index (χ0) is 14.8. The monoisotopic (exact) mass is 279 g/mol. The molecule has 0 heterocycles. The van der Waals surface area contributed by atoms with Gasteiger partial charge in [0.05, 0.1) is 17.6 Å². The molecule has 114 valence electrons. The van der Waals surface area contributed by atoms with Crippen molar-refractivity contribution >= 4 is 5.91 Å². The first-order valence-electron chi connectivity index (χ1n) is 8.03. The molecule has 0 aliphatic heterocycles. The van der Waals surface area contributed by atoms with Crippen LogP contribution >= 0.6 is 0 Å². The van der Waals surface area contributed by atoms with Crippen LogP contribution in [0.4, 0.5) is 0 Å². The van der Waals surface area contributed by atoms with Gasteiger partial charge in [-0.2, -0.15) is 0 Å². The number of hydrogen-bond donors (Lipinski definition) is 2. The first-order valence-corrected chi connectivity index (χ1v) is 8.03. The molecule has 1 amide bonds. The first-order chi connectivity index (χ1) is 9.10. The number of aliphatic hydroxyl groups excluding tert-OH is 1. The molecule has 4 aliphatic carbocycles. The molecule has 0 saturated heterocycles. The molecule has 0 aromatic heterocycles. The minimum absolute atomic E-state index is 0.00716. The summed E-state index contributed by atoms with van der Waals surface area (Å²) in [5.41, 5.74) is 0.0291. The molecular weight excluding hydrogens is 250 g/mol. The van der Waals surface area contributed by atoms with Gasteiger partial charge in [-0.1, -0.05) is 13.8 Å². The Bertz CT molecular complexity index is 424. The summed E-state index contributed by atoms with van der Waals surface area (Å²) in [4.78, 5) is 12.9. The number of nitrogens with one attached hydrogen (secondary N) is 1. The van der Waals surface area contributed by atoms with E-state index in [1.54, 1.807) is 0 Å². The van der Waals surface area contributed by atoms with E-state index in [2.05, 4.69) is 19.2 Å². The Morgan fingerprint density at radius 3 is 2.15 bits per heavy atom. The highest BCUT2D eigenvalue weighted by Crippen LogP contribution is 2.69. The Labute approximate surface area is 122 Å². The van der Waals surface area contributed by atoms with E-state index in [1.165, 1.54) is 19.3 Å². The van der Waals surface area contributed by atoms with Gasteiger partial charge in [0.25, 0.3) is 0 Å². The summed E-state index contributed by atoms with van der Waals surface area (Å²) in [6.45, 7) is 8.56. The Kier molecular flexibility index (Phi) is 2.87. The Balaban J connectivity index is 1.87. The second-order valence-electron chi connectivity index (χ2n) is 9.41. The lowest BCUT2D eigenvalue weighted by molar-refractivity contribution is -0.171. The normalized spacial score (nSPS) is 46.5. The van der Waals surface area contributed by atoms with Crippen molar-refractivity contribution in [3.63, 3.8) is 0 Å². The van der Waals surface area contributed by atoms with Crippen LogP contribution in [0.3, 0.4) is 0 Å². The van der Waals surface area contributed by atoms with Crippen molar-refractivity contribution in [2.45, 2.75) is 71.8 Å². The minimum atomic E-state index is -0.512. The van der Waals surface area contributed by atoms with E-state index in [9.17, 15) is 9.90 Å². The van der Waals surface area contributed by atoms with Gasteiger partial charge in [-0.25, -0.2) is 0 Å². The van der Waals surface area contributed by atoms with Gasteiger partial charge in [-0.15, -0.1) is 0 Å². The maximum absolute atomic E-state index is 12.9. The molecule has 4 bridgehead atoms. The topological polar surface area (TPSA) is 49.3 Å². The lowest BCUT2D eigenvalue weighted by Crippen LogP contribution is -2.62. The molecule has 4 saturated carbocycles. The van der Waals surface area contributed by atoms with Crippen molar-refractivity contribution in [3.05, 3.63) is 0 Å². The standard InChI is InChI=1S/C17H29NO2/c1-14(2,11-19)18-13(20)17-7-12-5-15(3,9-17)8-16(4,6-12)10-17/h12,19H,5-11H2,1-4H3,(H,18,20)/t12?,15-,16-,17?/m0/s1. The number of amides is 1. The Morgan fingerprint density at radius 1 is 1.15 bits per heavy atom. The summed E-state index contributed by atoms with van der Waals surface area (Å²) in [6.07, 6.45) is 7.04. The molecule has 3 heteroatoms. The molecule has 2 N–H and O–H groups in total. The van der Waals surface area contributed by atoms with Crippen molar-refractivity contribution in [1.29, 1.82) is 0 Å². The molecule has 3 nitrogen and oxygen atoms in total. The fourth-order valence-corrected chi connectivity index (χ4v) is 6.18. The number of rotatable bonds is 3. The van der Waals surface area contributed by atoms with Crippen LogP contribution in [0.5, 0.6) is 0 Å². The van der Waals surface area contributed by atoms with Crippen molar-refractivity contribution < 1.29 is 9.90 Å². The lowest BCUT2D eigenvalue weighted by atomic mass is 9.40. The quantitative estimate of drug-likeness (QED) is 0.834. The van der Waals surface area contributed by atoms with E-state index in [0.717, 1.165) is 25.2 Å². The molecule has 4 fully saturated rings. The highest BCUT2D eigenvalue weighted by atomic mass is 16.3. The maximum Gasteiger partial charge on any atom is 0.226 e. The van der Waals surface area contributed by atoms with Crippen molar-refractivity contribution in [2.75, 3.05) is 6.61 Å². The van der Waals surface area contributed by atoms with Crippen LogP contribution in [-0.4, -0.2) is 23.2 Å². The third-order valence-electron chi connectivity index (χ3n) is 5.96. The van der Waals surface area contributed by atoms with Gasteiger partial charge >= 0.3 is 0 Å². The average molecular weight is 279 g/mol. The predicted molar refractivity (Wildman–Crippen MR) is 79.1 cm³/mol. The van der Waals surface area contributed by atoms with Crippen LogP contribution in [0.1, 0.15) is 66.2 Å². The van der Waals surface area contributed by atoms with E-state index < -0.39 is 5.54 Å². The van der Waals surface area contributed by atoms with E-state index in [0.29, 0.717) is 10.8 Å². The second-order valence-corrected chi connectivity index (χ2v) is 9.41. The third kappa shape index (κ3) is 2.18. The Morgan fingerprint density at radius 2 is 1.70 bits per heavy atom. The first kappa shape index (κ1) is 14.4. The highest BCUT2D eigenvalue weighted by molar-refractivity contribution is 5.84. The fourth-order valence-electron chi connectivity index (χ4n) is 6.18. The number of carbonyl (C=O) groups is 1. The number of hydrogen-bond acceptors (Lipinski definition) is 2. The van der Waals surface area contributed by atoms with E-state index in [-0.39, 0.29) is 17.9 Å². The molecule has 0 unspecified atom stereocenters. The fraction of sp³-hybridized carbons (Fsp3) is 0.941. The summed E-state index contributed by atoms with van der Waals surface area (Å²) in [5, 5.41) is 12.5. The van der Waals surface area contributed by atoms with Crippen molar-refractivity contribution in [1.82, 2.24) is 5.32 Å². The minimum Gasteiger partial charge on any atom is -0.394 e. The molecule has 0 radical (unpaired) electrons. The molecule has 20 heavy (non-hydrogen) atoms. The zero-order valence-electron chi connectivity index (χ0n) is 13.4. The predicted octanol–water partition coefficient (Wildman–Crippen LogP) is 2.87. The maximum atomic E-state index is 12.9. The lowest BCUT2D eigenvalue weighted by Gasteiger charge is -2.64. The summed E-state index contributed by atoms with van der Waals surface area (Å²) in [7, 11) is 0. The third-order valence-corrected chi connectivity index (χ3v) is 5.96. The van der Waals surface area contributed by atoms with E-state index >= 15 is 0 Å². The smallest absolute Gasteiger partial charge is 0.226 e. The number of aliphatic hydroxyl groups is 1. The van der Waals surface area contributed by atoms with Gasteiger partial charge in [-0.3, -0.25) is 4.79 Å². The van der Waals surface area contributed by atoms with Crippen molar-refractivity contribution in [2.24, 2.45) is 22.2 Å². The number of carbonyl (C=O) groups excluding carboxylic acids is 1. The molecular formula is C17H29NO2. The summed E-state index contributed by atoms with van der Waals surface area (Å²) in [6, 6.07) is 0. The van der Waals surface area contributed by atoms with Gasteiger partial charge in [0, 0.05) is 0 Å². The van der Waals surface area contributed by atoms with Crippen LogP contribution < -0.4 is 5.32 Å². The summed E-state index contributed by atoms with van der Waals surface area (Å²) < 4.78 is 0. The largest absolute Gasteiger partial charge is 0.394 e. The zero-order valence-corrected chi connectivity index (χ0v) is 13.4. The second kappa shape index (κ2) is 4.00. The van der Waals surface area contributed by atoms with Crippen molar-refractivity contribution in [3.8, 4) is 0 Å². The molecule has 4 aliphatic rings. The van der Waals surface area contributed by atoms with Crippen LogP contribution in [0.2, 0.25) is 0 Å². The van der Waals surface area contributed by atoms with Gasteiger partial charge in [0.1, 0.15) is 0 Å². The molecule has 0 spiro atoms. The Hall–Kier alpha value is -0.570. The summed E-state index contributed by atoms with van der Waals surface area (Å²) >= 11 is 0. The van der Waals surface area contributed by atoms with E-state index in [4.69, 9.17) is 0 Å². The average Bonchev–Trinajstić information content (AvgIpc) is 2.23. The summed E-state index contributed by atoms with van der Waals surface area (Å²) in [5.74, 6) is 0.919. The van der Waals surface area contributed by atoms with Gasteiger partial charge in [-0.05, 0) is 69.1 Å². The SMILES string of the molecule is CC(C)(CO)NC(=O)C12CC3C[C@](C)(C1)C[C@](C)(C3)C2. The molecule has 0 aromatic carbocycles. The molecule has 4 rings (SSSR count). The van der Waals surface area contributed by atoms with Crippen LogP contribution in [0.25, 0.3) is 0 Å².